The third-order valence-corrected chi connectivity index (χ3v) is 2.53. The van der Waals surface area contributed by atoms with Crippen LogP contribution in [0.4, 0.5) is 0 Å². The van der Waals surface area contributed by atoms with E-state index in [1.807, 2.05) is 0 Å². The number of nitrogens with one attached hydrogen (secondary N) is 1. The maximum Gasteiger partial charge on any atom is 0.339 e. The lowest BCUT2D eigenvalue weighted by Gasteiger charge is -2.07. The van der Waals surface area contributed by atoms with Crippen LogP contribution in [0, 0.1) is 0 Å². The summed E-state index contributed by atoms with van der Waals surface area (Å²) in [7, 11) is 2.54. The van der Waals surface area contributed by atoms with Gasteiger partial charge in [0.05, 0.1) is 25.3 Å². The standard InChI is InChI=1S/C12H11NO4/c1-16-11(14)8-3-4-9-7(5-6-13-9)10(8)12(15)17-2/h3-6,13H,1-2H3. The molecule has 2 rings (SSSR count). The Kier molecular flexibility index (Phi) is 2.82. The van der Waals surface area contributed by atoms with E-state index in [4.69, 9.17) is 0 Å². The van der Waals surface area contributed by atoms with Gasteiger partial charge < -0.3 is 14.5 Å². The molecule has 1 aromatic carbocycles. The number of fused-ring (bicyclic) bond motifs is 1. The van der Waals surface area contributed by atoms with Gasteiger partial charge in [0.15, 0.2) is 0 Å². The summed E-state index contributed by atoms with van der Waals surface area (Å²) in [5.74, 6) is -1.12. The van der Waals surface area contributed by atoms with Crippen molar-refractivity contribution in [1.29, 1.82) is 0 Å². The zero-order valence-electron chi connectivity index (χ0n) is 9.44. The minimum Gasteiger partial charge on any atom is -0.465 e. The summed E-state index contributed by atoms with van der Waals surface area (Å²) in [6.07, 6.45) is 1.69. The van der Waals surface area contributed by atoms with E-state index in [9.17, 15) is 9.59 Å². The van der Waals surface area contributed by atoms with Crippen LogP contribution in [0.2, 0.25) is 0 Å². The SMILES string of the molecule is COC(=O)c1ccc2[nH]ccc2c1C(=O)OC. The van der Waals surface area contributed by atoms with E-state index < -0.39 is 11.9 Å². The van der Waals surface area contributed by atoms with Crippen LogP contribution in [-0.2, 0) is 9.47 Å². The first-order valence-corrected chi connectivity index (χ1v) is 4.95. The maximum absolute atomic E-state index is 11.7. The zero-order chi connectivity index (χ0) is 12.4. The molecule has 0 bridgehead atoms. The average molecular weight is 233 g/mol. The van der Waals surface area contributed by atoms with Crippen molar-refractivity contribution in [3.05, 3.63) is 35.5 Å². The molecule has 0 aliphatic carbocycles. The van der Waals surface area contributed by atoms with E-state index >= 15 is 0 Å². The third-order valence-electron chi connectivity index (χ3n) is 2.53. The second-order valence-corrected chi connectivity index (χ2v) is 3.41. The van der Waals surface area contributed by atoms with E-state index in [2.05, 4.69) is 14.5 Å². The topological polar surface area (TPSA) is 68.4 Å². The molecule has 0 aliphatic rings. The van der Waals surface area contributed by atoms with Crippen LogP contribution in [0.25, 0.3) is 10.9 Å². The highest BCUT2D eigenvalue weighted by atomic mass is 16.5. The summed E-state index contributed by atoms with van der Waals surface area (Å²) < 4.78 is 9.33. The molecule has 0 fully saturated rings. The fourth-order valence-corrected chi connectivity index (χ4v) is 1.74. The first-order chi connectivity index (χ1) is 8.19. The molecular weight excluding hydrogens is 222 g/mol. The number of hydrogen-bond donors (Lipinski definition) is 1. The number of rotatable bonds is 2. The molecule has 88 valence electrons. The lowest BCUT2D eigenvalue weighted by atomic mass is 10.0. The van der Waals surface area contributed by atoms with Crippen LogP contribution >= 0.6 is 0 Å². The van der Waals surface area contributed by atoms with Crippen molar-refractivity contribution < 1.29 is 19.1 Å². The molecule has 1 N–H and O–H groups in total. The number of benzene rings is 1. The number of methoxy groups -OCH3 is 2. The Bertz CT molecular complexity index is 585. The zero-order valence-corrected chi connectivity index (χ0v) is 9.44. The number of ether oxygens (including phenoxy) is 2. The average Bonchev–Trinajstić information content (AvgIpc) is 2.83. The van der Waals surface area contributed by atoms with E-state index in [0.29, 0.717) is 5.39 Å². The third kappa shape index (κ3) is 1.75. The van der Waals surface area contributed by atoms with Crippen molar-refractivity contribution in [2.75, 3.05) is 14.2 Å². The molecule has 0 saturated carbocycles. The van der Waals surface area contributed by atoms with Crippen molar-refractivity contribution in [3.63, 3.8) is 0 Å². The van der Waals surface area contributed by atoms with Crippen molar-refractivity contribution in [3.8, 4) is 0 Å². The maximum atomic E-state index is 11.7. The first-order valence-electron chi connectivity index (χ1n) is 4.95. The van der Waals surface area contributed by atoms with Crippen LogP contribution < -0.4 is 0 Å². The van der Waals surface area contributed by atoms with Gasteiger partial charge in [-0.25, -0.2) is 9.59 Å². The molecule has 0 atom stereocenters. The highest BCUT2D eigenvalue weighted by molar-refractivity contribution is 6.12. The van der Waals surface area contributed by atoms with Gasteiger partial charge in [-0.1, -0.05) is 0 Å². The monoisotopic (exact) mass is 233 g/mol. The number of carbonyl (C=O) groups is 2. The molecule has 1 heterocycles. The quantitative estimate of drug-likeness (QED) is 0.802. The van der Waals surface area contributed by atoms with Gasteiger partial charge in [-0.15, -0.1) is 0 Å². The highest BCUT2D eigenvalue weighted by Crippen LogP contribution is 2.23. The first kappa shape index (κ1) is 11.2. The summed E-state index contributed by atoms with van der Waals surface area (Å²) in [6, 6.07) is 4.97. The van der Waals surface area contributed by atoms with Crippen molar-refractivity contribution >= 4 is 22.8 Å². The number of H-pyrrole nitrogens is 1. The van der Waals surface area contributed by atoms with Gasteiger partial charge in [0, 0.05) is 17.1 Å². The molecule has 0 saturated heterocycles. The number of hydrogen-bond acceptors (Lipinski definition) is 4. The van der Waals surface area contributed by atoms with E-state index in [0.717, 1.165) is 5.52 Å². The molecule has 0 aliphatic heterocycles. The predicted molar refractivity (Wildman–Crippen MR) is 61.0 cm³/mol. The van der Waals surface area contributed by atoms with Gasteiger partial charge in [-0.3, -0.25) is 0 Å². The van der Waals surface area contributed by atoms with Crippen LogP contribution in [0.1, 0.15) is 20.7 Å². The number of aromatic nitrogens is 1. The fourth-order valence-electron chi connectivity index (χ4n) is 1.74. The smallest absolute Gasteiger partial charge is 0.339 e. The van der Waals surface area contributed by atoms with Gasteiger partial charge >= 0.3 is 11.9 Å². The Balaban J connectivity index is 2.74. The molecule has 0 amide bonds. The molecule has 0 unspecified atom stereocenters. The normalized spacial score (nSPS) is 10.2. The van der Waals surface area contributed by atoms with Crippen LogP contribution in [0.15, 0.2) is 24.4 Å². The van der Waals surface area contributed by atoms with Crippen LogP contribution in [-0.4, -0.2) is 31.1 Å². The number of esters is 2. The minimum absolute atomic E-state index is 0.200. The molecule has 5 heteroatoms. The molecule has 0 radical (unpaired) electrons. The summed E-state index contributed by atoms with van der Waals surface area (Å²) in [4.78, 5) is 26.3. The molecule has 1 aromatic heterocycles. The van der Waals surface area contributed by atoms with Crippen molar-refractivity contribution in [2.45, 2.75) is 0 Å². The van der Waals surface area contributed by atoms with Gasteiger partial charge in [-0.05, 0) is 18.2 Å². The Morgan fingerprint density at radius 2 is 1.76 bits per heavy atom. The summed E-state index contributed by atoms with van der Waals surface area (Å²) in [5, 5.41) is 0.639. The summed E-state index contributed by atoms with van der Waals surface area (Å²) >= 11 is 0. The Morgan fingerprint density at radius 3 is 2.41 bits per heavy atom. The van der Waals surface area contributed by atoms with E-state index in [1.165, 1.54) is 20.3 Å². The second kappa shape index (κ2) is 4.29. The second-order valence-electron chi connectivity index (χ2n) is 3.41. The Hall–Kier alpha value is -2.30. The number of aromatic amines is 1. The van der Waals surface area contributed by atoms with Crippen molar-refractivity contribution in [1.82, 2.24) is 4.98 Å². The Morgan fingerprint density at radius 1 is 1.06 bits per heavy atom. The Labute approximate surface area is 97.3 Å². The van der Waals surface area contributed by atoms with Gasteiger partial charge in [0.1, 0.15) is 0 Å². The van der Waals surface area contributed by atoms with Gasteiger partial charge in [-0.2, -0.15) is 0 Å². The fraction of sp³-hybridized carbons (Fsp3) is 0.167. The molecular formula is C12H11NO4. The minimum atomic E-state index is -0.562. The highest BCUT2D eigenvalue weighted by Gasteiger charge is 2.21. The lowest BCUT2D eigenvalue weighted by Crippen LogP contribution is -2.12. The van der Waals surface area contributed by atoms with E-state index in [-0.39, 0.29) is 11.1 Å². The van der Waals surface area contributed by atoms with Crippen molar-refractivity contribution in [2.24, 2.45) is 0 Å². The van der Waals surface area contributed by atoms with E-state index in [1.54, 1.807) is 18.3 Å². The molecule has 0 spiro atoms. The molecule has 2 aromatic rings. The van der Waals surface area contributed by atoms with Crippen LogP contribution in [0.5, 0.6) is 0 Å². The number of carbonyl (C=O) groups excluding carboxylic acids is 2. The summed E-state index contributed by atoms with van der Waals surface area (Å²) in [5.41, 5.74) is 1.18. The van der Waals surface area contributed by atoms with Gasteiger partial charge in [0.25, 0.3) is 0 Å². The molecule has 17 heavy (non-hydrogen) atoms. The van der Waals surface area contributed by atoms with Gasteiger partial charge in [0.2, 0.25) is 0 Å². The van der Waals surface area contributed by atoms with Crippen LogP contribution in [0.3, 0.4) is 0 Å². The lowest BCUT2D eigenvalue weighted by molar-refractivity contribution is 0.0557. The largest absolute Gasteiger partial charge is 0.465 e. The summed E-state index contributed by atoms with van der Waals surface area (Å²) in [6.45, 7) is 0. The predicted octanol–water partition coefficient (Wildman–Crippen LogP) is 1.74. The molecule has 5 nitrogen and oxygen atoms in total.